The molecular weight excluding hydrogens is 286 g/mol. The SMILES string of the molecule is O=C(Nc1cccc(NC(=O)C2CSCCN2)c1)C1CC1. The first-order valence-electron chi connectivity index (χ1n) is 7.25. The van der Waals surface area contributed by atoms with Gasteiger partial charge in [-0.2, -0.15) is 11.8 Å². The van der Waals surface area contributed by atoms with Crippen LogP contribution in [0.3, 0.4) is 0 Å². The van der Waals surface area contributed by atoms with Crippen LogP contribution in [0.4, 0.5) is 11.4 Å². The summed E-state index contributed by atoms with van der Waals surface area (Å²) in [6.45, 7) is 0.861. The van der Waals surface area contributed by atoms with Crippen molar-refractivity contribution in [3.8, 4) is 0 Å². The van der Waals surface area contributed by atoms with E-state index in [1.807, 2.05) is 18.2 Å². The van der Waals surface area contributed by atoms with E-state index >= 15 is 0 Å². The van der Waals surface area contributed by atoms with Gasteiger partial charge < -0.3 is 16.0 Å². The number of anilines is 2. The molecule has 2 amide bonds. The molecule has 0 bridgehead atoms. The molecule has 21 heavy (non-hydrogen) atoms. The predicted molar refractivity (Wildman–Crippen MR) is 85.5 cm³/mol. The summed E-state index contributed by atoms with van der Waals surface area (Å²) < 4.78 is 0. The van der Waals surface area contributed by atoms with Gasteiger partial charge in [0.25, 0.3) is 0 Å². The number of carbonyl (C=O) groups is 2. The molecule has 0 aromatic heterocycles. The average molecular weight is 305 g/mol. The first-order valence-corrected chi connectivity index (χ1v) is 8.41. The van der Waals surface area contributed by atoms with E-state index in [1.54, 1.807) is 17.8 Å². The van der Waals surface area contributed by atoms with Crippen LogP contribution in [0, 0.1) is 5.92 Å². The average Bonchev–Trinajstić information content (AvgIpc) is 3.33. The van der Waals surface area contributed by atoms with Gasteiger partial charge in [0.2, 0.25) is 11.8 Å². The zero-order chi connectivity index (χ0) is 14.7. The Balaban J connectivity index is 1.59. The maximum atomic E-state index is 12.1. The standard InChI is InChI=1S/C15H19N3O2S/c19-14(10-4-5-10)17-11-2-1-3-12(8-11)18-15(20)13-9-21-7-6-16-13/h1-3,8,10,13,16H,4-7,9H2,(H,17,19)(H,18,20). The van der Waals surface area contributed by atoms with Gasteiger partial charge in [-0.1, -0.05) is 6.07 Å². The molecular formula is C15H19N3O2S. The maximum Gasteiger partial charge on any atom is 0.242 e. The number of carbonyl (C=O) groups excluding carboxylic acids is 2. The highest BCUT2D eigenvalue weighted by atomic mass is 32.2. The van der Waals surface area contributed by atoms with Crippen molar-refractivity contribution < 1.29 is 9.59 Å². The molecule has 3 rings (SSSR count). The second-order valence-corrected chi connectivity index (χ2v) is 6.57. The van der Waals surface area contributed by atoms with Crippen molar-refractivity contribution >= 4 is 35.0 Å². The molecule has 1 aromatic rings. The van der Waals surface area contributed by atoms with E-state index in [4.69, 9.17) is 0 Å². The van der Waals surface area contributed by atoms with Gasteiger partial charge in [0.05, 0.1) is 6.04 Å². The minimum Gasteiger partial charge on any atom is -0.326 e. The summed E-state index contributed by atoms with van der Waals surface area (Å²) in [4.78, 5) is 23.9. The topological polar surface area (TPSA) is 70.2 Å². The summed E-state index contributed by atoms with van der Waals surface area (Å²) in [7, 11) is 0. The van der Waals surface area contributed by atoms with Crippen molar-refractivity contribution in [2.45, 2.75) is 18.9 Å². The molecule has 1 unspecified atom stereocenters. The van der Waals surface area contributed by atoms with E-state index in [0.29, 0.717) is 5.69 Å². The Bertz CT molecular complexity index is 539. The smallest absolute Gasteiger partial charge is 0.242 e. The van der Waals surface area contributed by atoms with Crippen LogP contribution in [0.25, 0.3) is 0 Å². The number of rotatable bonds is 4. The molecule has 1 heterocycles. The minimum atomic E-state index is -0.145. The highest BCUT2D eigenvalue weighted by Crippen LogP contribution is 2.30. The second kappa shape index (κ2) is 6.49. The van der Waals surface area contributed by atoms with E-state index in [0.717, 1.165) is 36.6 Å². The van der Waals surface area contributed by atoms with Gasteiger partial charge in [0.1, 0.15) is 0 Å². The van der Waals surface area contributed by atoms with Gasteiger partial charge in [0.15, 0.2) is 0 Å². The molecule has 6 heteroatoms. The Hall–Kier alpha value is -1.53. The van der Waals surface area contributed by atoms with Crippen molar-refractivity contribution in [2.24, 2.45) is 5.92 Å². The fourth-order valence-corrected chi connectivity index (χ4v) is 3.16. The molecule has 1 saturated heterocycles. The van der Waals surface area contributed by atoms with Gasteiger partial charge >= 0.3 is 0 Å². The number of hydrogen-bond donors (Lipinski definition) is 3. The van der Waals surface area contributed by atoms with Crippen molar-refractivity contribution in [1.82, 2.24) is 5.32 Å². The lowest BCUT2D eigenvalue weighted by Crippen LogP contribution is -2.46. The van der Waals surface area contributed by atoms with E-state index in [9.17, 15) is 9.59 Å². The van der Waals surface area contributed by atoms with Crippen molar-refractivity contribution in [3.05, 3.63) is 24.3 Å². The van der Waals surface area contributed by atoms with Crippen LogP contribution in [0.15, 0.2) is 24.3 Å². The van der Waals surface area contributed by atoms with Crippen LogP contribution in [0.5, 0.6) is 0 Å². The third kappa shape index (κ3) is 3.98. The van der Waals surface area contributed by atoms with E-state index in [2.05, 4.69) is 16.0 Å². The highest BCUT2D eigenvalue weighted by Gasteiger charge is 2.29. The highest BCUT2D eigenvalue weighted by molar-refractivity contribution is 7.99. The number of benzene rings is 1. The predicted octanol–water partition coefficient (Wildman–Crippen LogP) is 1.68. The molecule has 5 nitrogen and oxygen atoms in total. The maximum absolute atomic E-state index is 12.1. The molecule has 1 aliphatic heterocycles. The van der Waals surface area contributed by atoms with Crippen LogP contribution < -0.4 is 16.0 Å². The van der Waals surface area contributed by atoms with Crippen molar-refractivity contribution in [3.63, 3.8) is 0 Å². The number of amides is 2. The quantitative estimate of drug-likeness (QED) is 0.791. The van der Waals surface area contributed by atoms with Crippen molar-refractivity contribution in [2.75, 3.05) is 28.7 Å². The Morgan fingerprint density at radius 1 is 1.14 bits per heavy atom. The molecule has 2 aliphatic rings. The fraction of sp³-hybridized carbons (Fsp3) is 0.467. The first-order chi connectivity index (χ1) is 10.2. The summed E-state index contributed by atoms with van der Waals surface area (Å²) in [6, 6.07) is 7.16. The summed E-state index contributed by atoms with van der Waals surface area (Å²) in [5.74, 6) is 2.07. The number of nitrogens with one attached hydrogen (secondary N) is 3. The van der Waals surface area contributed by atoms with Crippen molar-refractivity contribution in [1.29, 1.82) is 0 Å². The second-order valence-electron chi connectivity index (χ2n) is 5.42. The number of hydrogen-bond acceptors (Lipinski definition) is 4. The van der Waals surface area contributed by atoms with Gasteiger partial charge in [-0.3, -0.25) is 9.59 Å². The lowest BCUT2D eigenvalue weighted by molar-refractivity contribution is -0.118. The van der Waals surface area contributed by atoms with Crippen LogP contribution >= 0.6 is 11.8 Å². The van der Waals surface area contributed by atoms with Gasteiger partial charge in [-0.25, -0.2) is 0 Å². The van der Waals surface area contributed by atoms with Crippen LogP contribution in [-0.4, -0.2) is 35.9 Å². The Morgan fingerprint density at radius 2 is 1.86 bits per heavy atom. The molecule has 3 N–H and O–H groups in total. The zero-order valence-electron chi connectivity index (χ0n) is 11.7. The largest absolute Gasteiger partial charge is 0.326 e. The molecule has 1 atom stereocenters. The molecule has 2 fully saturated rings. The van der Waals surface area contributed by atoms with Crippen LogP contribution in [0.1, 0.15) is 12.8 Å². The van der Waals surface area contributed by atoms with Gasteiger partial charge in [0, 0.05) is 35.3 Å². The normalized spacial score (nSPS) is 21.6. The zero-order valence-corrected chi connectivity index (χ0v) is 12.5. The lowest BCUT2D eigenvalue weighted by atomic mass is 10.2. The summed E-state index contributed by atoms with van der Waals surface area (Å²) in [6.07, 6.45) is 1.96. The summed E-state index contributed by atoms with van der Waals surface area (Å²) in [5, 5.41) is 9.00. The fourth-order valence-electron chi connectivity index (χ4n) is 2.23. The van der Waals surface area contributed by atoms with E-state index < -0.39 is 0 Å². The first kappa shape index (κ1) is 14.4. The third-order valence-electron chi connectivity index (χ3n) is 3.58. The summed E-state index contributed by atoms with van der Waals surface area (Å²) in [5.41, 5.74) is 1.45. The monoisotopic (exact) mass is 305 g/mol. The minimum absolute atomic E-state index is 0.0205. The van der Waals surface area contributed by atoms with E-state index in [1.165, 1.54) is 0 Å². The third-order valence-corrected chi connectivity index (χ3v) is 4.65. The Kier molecular flexibility index (Phi) is 4.45. The summed E-state index contributed by atoms with van der Waals surface area (Å²) >= 11 is 1.78. The van der Waals surface area contributed by atoms with Crippen LogP contribution in [-0.2, 0) is 9.59 Å². The molecule has 112 valence electrons. The van der Waals surface area contributed by atoms with E-state index in [-0.39, 0.29) is 23.8 Å². The van der Waals surface area contributed by atoms with Crippen LogP contribution in [0.2, 0.25) is 0 Å². The van der Waals surface area contributed by atoms with Gasteiger partial charge in [-0.05, 0) is 31.0 Å². The molecule has 0 radical (unpaired) electrons. The van der Waals surface area contributed by atoms with Gasteiger partial charge in [-0.15, -0.1) is 0 Å². The Labute approximate surface area is 128 Å². The molecule has 1 saturated carbocycles. The molecule has 0 spiro atoms. The Morgan fingerprint density at radius 3 is 2.48 bits per heavy atom. The number of thioether (sulfide) groups is 1. The lowest BCUT2D eigenvalue weighted by Gasteiger charge is -2.22. The molecule has 1 aromatic carbocycles. The molecule has 1 aliphatic carbocycles.